The fourth-order valence-electron chi connectivity index (χ4n) is 2.45. The number of rotatable bonds is 4. The van der Waals surface area contributed by atoms with Crippen molar-refractivity contribution in [2.75, 3.05) is 36.9 Å². The van der Waals surface area contributed by atoms with Crippen molar-refractivity contribution in [3.05, 3.63) is 48.2 Å². The van der Waals surface area contributed by atoms with Crippen molar-refractivity contribution in [3.63, 3.8) is 0 Å². The number of sulfone groups is 1. The Labute approximate surface area is 135 Å². The molecule has 1 saturated heterocycles. The molecule has 0 aliphatic carbocycles. The molecule has 7 heteroatoms. The van der Waals surface area contributed by atoms with Gasteiger partial charge in [-0.1, -0.05) is 12.1 Å². The van der Waals surface area contributed by atoms with Gasteiger partial charge < -0.3 is 15.4 Å². The lowest BCUT2D eigenvalue weighted by Gasteiger charge is -2.27. The number of hydrogen-bond acceptors (Lipinski definition) is 6. The fourth-order valence-corrected chi connectivity index (χ4v) is 3.74. The summed E-state index contributed by atoms with van der Waals surface area (Å²) < 4.78 is 30.2. The van der Waals surface area contributed by atoms with Crippen molar-refractivity contribution in [3.8, 4) is 0 Å². The minimum Gasteiger partial charge on any atom is -0.399 e. The lowest BCUT2D eigenvalue weighted by Crippen LogP contribution is -2.36. The number of nitrogens with two attached hydrogens (primary N) is 1. The van der Waals surface area contributed by atoms with Crippen LogP contribution < -0.4 is 10.6 Å². The summed E-state index contributed by atoms with van der Waals surface area (Å²) in [6, 6.07) is 10.2. The zero-order chi connectivity index (χ0) is 16.3. The number of ether oxygens (including phenoxy) is 1. The fraction of sp³-hybridized carbons (Fsp3) is 0.312. The van der Waals surface area contributed by atoms with E-state index < -0.39 is 9.84 Å². The van der Waals surface area contributed by atoms with Gasteiger partial charge in [0.05, 0.1) is 23.9 Å². The van der Waals surface area contributed by atoms with Gasteiger partial charge in [0, 0.05) is 25.0 Å². The second-order valence-electron chi connectivity index (χ2n) is 5.45. The van der Waals surface area contributed by atoms with Gasteiger partial charge in [0.25, 0.3) is 0 Å². The molecule has 6 nitrogen and oxygen atoms in total. The number of nitrogen functional groups attached to an aromatic ring is 1. The number of morpholine rings is 1. The highest BCUT2D eigenvalue weighted by atomic mass is 32.2. The minimum atomic E-state index is -3.42. The summed E-state index contributed by atoms with van der Waals surface area (Å²) in [5, 5.41) is 0. The number of anilines is 2. The molecule has 122 valence electrons. The van der Waals surface area contributed by atoms with Crippen molar-refractivity contribution in [2.24, 2.45) is 0 Å². The second kappa shape index (κ2) is 6.55. The Balaban J connectivity index is 1.75. The van der Waals surface area contributed by atoms with Crippen LogP contribution in [0.15, 0.2) is 47.5 Å². The number of hydrogen-bond donors (Lipinski definition) is 1. The first-order valence-corrected chi connectivity index (χ1v) is 9.06. The van der Waals surface area contributed by atoms with Crippen LogP contribution in [0.25, 0.3) is 0 Å². The van der Waals surface area contributed by atoms with E-state index in [2.05, 4.69) is 9.88 Å². The zero-order valence-corrected chi connectivity index (χ0v) is 13.5. The van der Waals surface area contributed by atoms with Gasteiger partial charge in [0.15, 0.2) is 9.84 Å². The van der Waals surface area contributed by atoms with E-state index in [1.54, 1.807) is 36.4 Å². The molecule has 2 N–H and O–H groups in total. The van der Waals surface area contributed by atoms with Gasteiger partial charge in [-0.25, -0.2) is 13.4 Å². The highest BCUT2D eigenvalue weighted by Gasteiger charge is 2.18. The molecule has 1 fully saturated rings. The lowest BCUT2D eigenvalue weighted by atomic mass is 10.2. The Morgan fingerprint density at radius 2 is 1.78 bits per heavy atom. The predicted octanol–water partition coefficient (Wildman–Crippen LogP) is 1.47. The largest absolute Gasteiger partial charge is 0.399 e. The van der Waals surface area contributed by atoms with Crippen molar-refractivity contribution in [1.29, 1.82) is 0 Å². The Bertz CT molecular complexity index is 752. The molecule has 2 heterocycles. The molecule has 0 radical (unpaired) electrons. The maximum Gasteiger partial charge on any atom is 0.184 e. The van der Waals surface area contributed by atoms with Crippen LogP contribution in [0.1, 0.15) is 5.56 Å². The molecule has 0 unspecified atom stereocenters. The minimum absolute atomic E-state index is 0.0636. The second-order valence-corrected chi connectivity index (χ2v) is 7.44. The van der Waals surface area contributed by atoms with E-state index >= 15 is 0 Å². The highest BCUT2D eigenvalue weighted by Crippen LogP contribution is 2.19. The maximum absolute atomic E-state index is 12.5. The number of aromatic nitrogens is 1. The average Bonchev–Trinajstić information content (AvgIpc) is 2.58. The van der Waals surface area contributed by atoms with E-state index in [9.17, 15) is 8.42 Å². The molecule has 23 heavy (non-hydrogen) atoms. The van der Waals surface area contributed by atoms with Crippen LogP contribution in [0.3, 0.4) is 0 Å². The Kier molecular flexibility index (Phi) is 4.49. The molecule has 1 aliphatic heterocycles. The zero-order valence-electron chi connectivity index (χ0n) is 12.7. The highest BCUT2D eigenvalue weighted by molar-refractivity contribution is 7.90. The van der Waals surface area contributed by atoms with Crippen LogP contribution in [-0.2, 0) is 20.3 Å². The van der Waals surface area contributed by atoms with Crippen LogP contribution in [-0.4, -0.2) is 39.7 Å². The third-order valence-electron chi connectivity index (χ3n) is 3.75. The molecule has 1 aromatic carbocycles. The van der Waals surface area contributed by atoms with Crippen LogP contribution in [0, 0.1) is 0 Å². The van der Waals surface area contributed by atoms with Crippen molar-refractivity contribution in [1.82, 2.24) is 4.98 Å². The molecule has 1 aromatic heterocycles. The van der Waals surface area contributed by atoms with Gasteiger partial charge in [-0.15, -0.1) is 0 Å². The monoisotopic (exact) mass is 333 g/mol. The SMILES string of the molecule is Nc1ccc(CS(=O)(=O)c2ccc(N3CCOCC3)nc2)cc1. The number of benzene rings is 1. The van der Waals surface area contributed by atoms with Crippen LogP contribution in [0.2, 0.25) is 0 Å². The summed E-state index contributed by atoms with van der Waals surface area (Å²) in [6.45, 7) is 2.87. The molecular formula is C16H19N3O3S. The van der Waals surface area contributed by atoms with E-state index in [1.165, 1.54) is 6.20 Å². The number of nitrogens with zero attached hydrogens (tertiary/aromatic N) is 2. The first kappa shape index (κ1) is 15.8. The van der Waals surface area contributed by atoms with Gasteiger partial charge >= 0.3 is 0 Å². The van der Waals surface area contributed by atoms with Crippen molar-refractivity contribution < 1.29 is 13.2 Å². The van der Waals surface area contributed by atoms with E-state index in [4.69, 9.17) is 10.5 Å². The standard InChI is InChI=1S/C16H19N3O3S/c17-14-3-1-13(2-4-14)12-23(20,21)15-5-6-16(18-11-15)19-7-9-22-10-8-19/h1-6,11H,7-10,12,17H2. The van der Waals surface area contributed by atoms with Crippen LogP contribution >= 0.6 is 0 Å². The third kappa shape index (κ3) is 3.80. The Morgan fingerprint density at radius 3 is 2.39 bits per heavy atom. The molecule has 0 saturated carbocycles. The van der Waals surface area contributed by atoms with E-state index in [0.29, 0.717) is 24.5 Å². The Hall–Kier alpha value is -2.12. The van der Waals surface area contributed by atoms with Gasteiger partial charge in [-0.3, -0.25) is 0 Å². The molecule has 1 aliphatic rings. The van der Waals surface area contributed by atoms with Gasteiger partial charge in [-0.2, -0.15) is 0 Å². The van der Waals surface area contributed by atoms with Crippen LogP contribution in [0.5, 0.6) is 0 Å². The van der Waals surface area contributed by atoms with E-state index in [1.807, 2.05) is 0 Å². The lowest BCUT2D eigenvalue weighted by molar-refractivity contribution is 0.122. The molecule has 0 atom stereocenters. The topological polar surface area (TPSA) is 85.5 Å². The third-order valence-corrected chi connectivity index (χ3v) is 5.42. The molecule has 2 aromatic rings. The van der Waals surface area contributed by atoms with Crippen molar-refractivity contribution in [2.45, 2.75) is 10.6 Å². The van der Waals surface area contributed by atoms with Crippen molar-refractivity contribution >= 4 is 21.3 Å². The van der Waals surface area contributed by atoms with E-state index in [0.717, 1.165) is 18.9 Å². The molecule has 0 spiro atoms. The Morgan fingerprint density at radius 1 is 1.09 bits per heavy atom. The average molecular weight is 333 g/mol. The van der Waals surface area contributed by atoms with E-state index in [-0.39, 0.29) is 10.6 Å². The summed E-state index contributed by atoms with van der Waals surface area (Å²) in [5.74, 6) is 0.714. The predicted molar refractivity (Wildman–Crippen MR) is 89.0 cm³/mol. The summed E-state index contributed by atoms with van der Waals surface area (Å²) >= 11 is 0. The summed E-state index contributed by atoms with van der Waals surface area (Å²) in [7, 11) is -3.42. The molecule has 0 amide bonds. The quantitative estimate of drug-likeness (QED) is 0.853. The summed E-state index contributed by atoms with van der Waals surface area (Å²) in [5.41, 5.74) is 6.93. The van der Waals surface area contributed by atoms with Gasteiger partial charge in [-0.05, 0) is 29.8 Å². The van der Waals surface area contributed by atoms with Gasteiger partial charge in [0.2, 0.25) is 0 Å². The maximum atomic E-state index is 12.5. The first-order chi connectivity index (χ1) is 11.0. The molecule has 3 rings (SSSR count). The van der Waals surface area contributed by atoms with Crippen LogP contribution in [0.4, 0.5) is 11.5 Å². The smallest absolute Gasteiger partial charge is 0.184 e. The summed E-state index contributed by atoms with van der Waals surface area (Å²) in [6.07, 6.45) is 1.43. The molecular weight excluding hydrogens is 314 g/mol. The molecule has 0 bridgehead atoms. The van der Waals surface area contributed by atoms with Gasteiger partial charge in [0.1, 0.15) is 5.82 Å². The number of pyridine rings is 1. The first-order valence-electron chi connectivity index (χ1n) is 7.40. The normalized spacial score (nSPS) is 15.6. The summed E-state index contributed by atoms with van der Waals surface area (Å²) in [4.78, 5) is 6.61.